The lowest BCUT2D eigenvalue weighted by Crippen LogP contribution is -2.37. The summed E-state index contributed by atoms with van der Waals surface area (Å²) in [4.78, 5) is 12.6. The molecule has 0 aromatic heterocycles. The molecule has 0 aromatic rings. The minimum atomic E-state index is -1.68. The molecule has 3 heteroatoms. The van der Waals surface area contributed by atoms with E-state index in [1.807, 2.05) is 0 Å². The van der Waals surface area contributed by atoms with Gasteiger partial charge in [-0.2, -0.15) is 8.78 Å². The lowest BCUT2D eigenvalue weighted by molar-refractivity contribution is -0.133. The van der Waals surface area contributed by atoms with Crippen LogP contribution in [0.3, 0.4) is 0 Å². The molecule has 2 fully saturated rings. The van der Waals surface area contributed by atoms with Crippen LogP contribution in [0.4, 0.5) is 8.78 Å². The summed E-state index contributed by atoms with van der Waals surface area (Å²) >= 11 is 0. The molecule has 0 bridgehead atoms. The second-order valence-electron chi connectivity index (χ2n) is 5.85. The summed E-state index contributed by atoms with van der Waals surface area (Å²) in [6, 6.07) is 0. The molecule has 2 aliphatic carbocycles. The molecule has 0 N–H and O–H groups in total. The smallest absolute Gasteiger partial charge is 0.267 e. The fraction of sp³-hybridized carbons (Fsp3) is 0.800. The Labute approximate surface area is 108 Å². The van der Waals surface area contributed by atoms with Crippen LogP contribution < -0.4 is 0 Å². The first-order chi connectivity index (χ1) is 8.64. The summed E-state index contributed by atoms with van der Waals surface area (Å²) in [5.41, 5.74) is -0.834. The molecule has 0 saturated heterocycles. The molecule has 2 aliphatic rings. The predicted octanol–water partition coefficient (Wildman–Crippen LogP) is 4.87. The first kappa shape index (κ1) is 13.7. The molecule has 0 aliphatic heterocycles. The Hall–Kier alpha value is -0.730. The number of hydrogen-bond donors (Lipinski definition) is 0. The van der Waals surface area contributed by atoms with Crippen LogP contribution in [0.15, 0.2) is 12.2 Å². The monoisotopic (exact) mass is 256 g/mol. The van der Waals surface area contributed by atoms with Crippen LogP contribution >= 0.6 is 0 Å². The average Bonchev–Trinajstić information content (AvgIpc) is 2.39. The topological polar surface area (TPSA) is 17.1 Å². The largest absolute Gasteiger partial charge is 0.298 e. The maximum atomic E-state index is 12.7. The van der Waals surface area contributed by atoms with Crippen molar-refractivity contribution >= 4 is 5.78 Å². The molecular formula is C15H22F2O. The van der Waals surface area contributed by atoms with Gasteiger partial charge < -0.3 is 0 Å². The Balaban J connectivity index is 2.17. The van der Waals surface area contributed by atoms with Gasteiger partial charge in [-0.1, -0.05) is 38.5 Å². The standard InChI is InChI=1S/C15H22F2O/c16-13(17)11-15(9-5-2-6-10-15)14(18)12-7-3-1-4-8-12/h11-12H,1-10H2. The van der Waals surface area contributed by atoms with E-state index in [4.69, 9.17) is 0 Å². The Morgan fingerprint density at radius 3 is 2.06 bits per heavy atom. The van der Waals surface area contributed by atoms with E-state index < -0.39 is 11.5 Å². The minimum absolute atomic E-state index is 0.0347. The molecule has 18 heavy (non-hydrogen) atoms. The van der Waals surface area contributed by atoms with Crippen LogP contribution in [0, 0.1) is 11.3 Å². The number of halogens is 2. The fourth-order valence-electron chi connectivity index (χ4n) is 3.62. The van der Waals surface area contributed by atoms with Crippen LogP contribution in [0.5, 0.6) is 0 Å². The highest BCUT2D eigenvalue weighted by molar-refractivity contribution is 5.89. The first-order valence-corrected chi connectivity index (χ1v) is 7.22. The summed E-state index contributed by atoms with van der Waals surface area (Å²) in [5.74, 6) is 0.141. The zero-order chi connectivity index (χ0) is 13.0. The van der Waals surface area contributed by atoms with Crippen molar-refractivity contribution < 1.29 is 13.6 Å². The van der Waals surface area contributed by atoms with Gasteiger partial charge in [0.2, 0.25) is 0 Å². The summed E-state index contributed by atoms with van der Waals surface area (Å²) in [6.07, 6.45) is 8.58. The lowest BCUT2D eigenvalue weighted by Gasteiger charge is -2.36. The van der Waals surface area contributed by atoms with Gasteiger partial charge in [-0.05, 0) is 31.8 Å². The zero-order valence-electron chi connectivity index (χ0n) is 10.9. The number of carbonyl (C=O) groups excluding carboxylic acids is 1. The van der Waals surface area contributed by atoms with Gasteiger partial charge in [-0.25, -0.2) is 0 Å². The predicted molar refractivity (Wildman–Crippen MR) is 67.4 cm³/mol. The van der Waals surface area contributed by atoms with E-state index in [1.165, 1.54) is 6.42 Å². The maximum Gasteiger partial charge on any atom is 0.267 e. The normalized spacial score (nSPS) is 24.6. The summed E-state index contributed by atoms with van der Waals surface area (Å²) in [6.45, 7) is 0. The highest BCUT2D eigenvalue weighted by Gasteiger charge is 2.41. The maximum absolute atomic E-state index is 12.7. The molecule has 0 heterocycles. The van der Waals surface area contributed by atoms with E-state index >= 15 is 0 Å². The van der Waals surface area contributed by atoms with E-state index in [1.54, 1.807) is 0 Å². The summed E-state index contributed by atoms with van der Waals surface area (Å²) < 4.78 is 25.4. The third-order valence-electron chi connectivity index (χ3n) is 4.60. The third kappa shape index (κ3) is 2.99. The number of rotatable bonds is 3. The van der Waals surface area contributed by atoms with Gasteiger partial charge in [0, 0.05) is 5.92 Å². The minimum Gasteiger partial charge on any atom is -0.298 e. The Morgan fingerprint density at radius 2 is 1.50 bits per heavy atom. The van der Waals surface area contributed by atoms with Gasteiger partial charge in [0.1, 0.15) is 5.78 Å². The number of ketones is 1. The molecule has 102 valence electrons. The average molecular weight is 256 g/mol. The van der Waals surface area contributed by atoms with E-state index in [9.17, 15) is 13.6 Å². The van der Waals surface area contributed by atoms with Crippen molar-refractivity contribution in [2.45, 2.75) is 64.2 Å². The number of Topliss-reactive ketones (excluding diaryl/α,β-unsaturated/α-hetero) is 1. The summed E-state index contributed by atoms with van der Waals surface area (Å²) in [7, 11) is 0. The highest BCUT2D eigenvalue weighted by atomic mass is 19.3. The van der Waals surface area contributed by atoms with E-state index in [0.29, 0.717) is 12.8 Å². The second-order valence-corrected chi connectivity index (χ2v) is 5.85. The molecule has 0 radical (unpaired) electrons. The van der Waals surface area contributed by atoms with Gasteiger partial charge in [-0.3, -0.25) is 4.79 Å². The Morgan fingerprint density at radius 1 is 0.944 bits per heavy atom. The molecule has 0 amide bonds. The van der Waals surface area contributed by atoms with Crippen molar-refractivity contribution in [2.24, 2.45) is 11.3 Å². The molecule has 2 rings (SSSR count). The van der Waals surface area contributed by atoms with Crippen molar-refractivity contribution in [3.8, 4) is 0 Å². The fourth-order valence-corrected chi connectivity index (χ4v) is 3.62. The van der Waals surface area contributed by atoms with Crippen LogP contribution in [0.1, 0.15) is 64.2 Å². The Bertz CT molecular complexity index is 319. The first-order valence-electron chi connectivity index (χ1n) is 7.22. The third-order valence-corrected chi connectivity index (χ3v) is 4.60. The van der Waals surface area contributed by atoms with Gasteiger partial charge in [-0.15, -0.1) is 0 Å². The van der Waals surface area contributed by atoms with Crippen molar-refractivity contribution in [3.05, 3.63) is 12.2 Å². The molecular weight excluding hydrogens is 234 g/mol. The number of allylic oxidation sites excluding steroid dienone is 1. The molecule has 2 saturated carbocycles. The molecule has 0 aromatic carbocycles. The van der Waals surface area contributed by atoms with E-state index in [2.05, 4.69) is 0 Å². The van der Waals surface area contributed by atoms with Crippen LogP contribution in [0.25, 0.3) is 0 Å². The number of carbonyl (C=O) groups is 1. The molecule has 1 nitrogen and oxygen atoms in total. The molecule has 0 atom stereocenters. The molecule has 0 unspecified atom stereocenters. The van der Waals surface area contributed by atoms with Gasteiger partial charge >= 0.3 is 0 Å². The highest BCUT2D eigenvalue weighted by Crippen LogP contribution is 2.43. The van der Waals surface area contributed by atoms with Crippen molar-refractivity contribution in [3.63, 3.8) is 0 Å². The van der Waals surface area contributed by atoms with Gasteiger partial charge in [0.05, 0.1) is 5.41 Å². The van der Waals surface area contributed by atoms with E-state index in [0.717, 1.165) is 51.0 Å². The van der Waals surface area contributed by atoms with Gasteiger partial charge in [0.25, 0.3) is 6.08 Å². The SMILES string of the molecule is O=C(C1CCCCC1)C1(C=C(F)F)CCCCC1. The van der Waals surface area contributed by atoms with Crippen molar-refractivity contribution in [1.82, 2.24) is 0 Å². The van der Waals surface area contributed by atoms with Crippen molar-refractivity contribution in [2.75, 3.05) is 0 Å². The van der Waals surface area contributed by atoms with Gasteiger partial charge in [0.15, 0.2) is 0 Å². The number of hydrogen-bond acceptors (Lipinski definition) is 1. The second kappa shape index (κ2) is 5.94. The Kier molecular flexibility index (Phi) is 4.52. The van der Waals surface area contributed by atoms with Crippen LogP contribution in [0.2, 0.25) is 0 Å². The van der Waals surface area contributed by atoms with E-state index in [-0.39, 0.29) is 11.7 Å². The van der Waals surface area contributed by atoms with Crippen LogP contribution in [-0.4, -0.2) is 5.78 Å². The van der Waals surface area contributed by atoms with Crippen molar-refractivity contribution in [1.29, 1.82) is 0 Å². The summed E-state index contributed by atoms with van der Waals surface area (Å²) in [5, 5.41) is 0. The zero-order valence-corrected chi connectivity index (χ0v) is 10.9. The lowest BCUT2D eigenvalue weighted by atomic mass is 9.66. The van der Waals surface area contributed by atoms with Crippen LogP contribution in [-0.2, 0) is 4.79 Å². The molecule has 0 spiro atoms. The quantitative estimate of drug-likeness (QED) is 0.704.